The third kappa shape index (κ3) is 21.0. The van der Waals surface area contributed by atoms with Crippen LogP contribution >= 0.6 is 0 Å². The SMILES string of the molecule is CCCCCCCCCCCCCCCCCCOC(=O)/C=C\C(=O)OCC. The summed E-state index contributed by atoms with van der Waals surface area (Å²) in [6.45, 7) is 4.72. The van der Waals surface area contributed by atoms with Gasteiger partial charge in [0.05, 0.1) is 13.2 Å². The standard InChI is InChI=1S/C24H44O4/c1-3-5-6-7-8-9-10-11-12-13-14-15-16-17-18-19-22-28-24(26)21-20-23(25)27-4-2/h20-21H,3-19,22H2,1-2H3/b21-20-. The number of carbonyl (C=O) groups excluding carboxylic acids is 2. The Morgan fingerprint density at radius 3 is 1.29 bits per heavy atom. The van der Waals surface area contributed by atoms with Gasteiger partial charge in [0.2, 0.25) is 0 Å². The van der Waals surface area contributed by atoms with E-state index in [1.54, 1.807) is 6.92 Å². The van der Waals surface area contributed by atoms with Gasteiger partial charge in [-0.1, -0.05) is 103 Å². The molecule has 0 aliphatic rings. The lowest BCUT2D eigenvalue weighted by atomic mass is 10.0. The normalized spacial score (nSPS) is 11.1. The van der Waals surface area contributed by atoms with E-state index in [0.717, 1.165) is 25.0 Å². The van der Waals surface area contributed by atoms with Crippen molar-refractivity contribution < 1.29 is 19.1 Å². The lowest BCUT2D eigenvalue weighted by molar-refractivity contribution is -0.140. The molecule has 0 radical (unpaired) electrons. The van der Waals surface area contributed by atoms with Crippen LogP contribution in [0.4, 0.5) is 0 Å². The van der Waals surface area contributed by atoms with Crippen LogP contribution in [0.15, 0.2) is 12.2 Å². The van der Waals surface area contributed by atoms with E-state index in [9.17, 15) is 9.59 Å². The fraction of sp³-hybridized carbons (Fsp3) is 0.833. The molecule has 0 unspecified atom stereocenters. The van der Waals surface area contributed by atoms with Crippen molar-refractivity contribution >= 4 is 11.9 Å². The topological polar surface area (TPSA) is 52.6 Å². The lowest BCUT2D eigenvalue weighted by Gasteiger charge is -2.04. The molecule has 0 bridgehead atoms. The fourth-order valence-electron chi connectivity index (χ4n) is 3.20. The maximum absolute atomic E-state index is 11.4. The van der Waals surface area contributed by atoms with Crippen LogP contribution < -0.4 is 0 Å². The number of hydrogen-bond acceptors (Lipinski definition) is 4. The van der Waals surface area contributed by atoms with E-state index in [1.807, 2.05) is 0 Å². The average Bonchev–Trinajstić information content (AvgIpc) is 2.69. The predicted octanol–water partition coefficient (Wildman–Crippen LogP) is 6.91. The van der Waals surface area contributed by atoms with E-state index in [-0.39, 0.29) is 0 Å². The molecule has 0 rings (SSSR count). The molecule has 0 saturated carbocycles. The van der Waals surface area contributed by atoms with Crippen molar-refractivity contribution in [1.82, 2.24) is 0 Å². The molecular formula is C24H44O4. The van der Waals surface area contributed by atoms with Gasteiger partial charge in [0.25, 0.3) is 0 Å². The van der Waals surface area contributed by atoms with Crippen molar-refractivity contribution in [2.24, 2.45) is 0 Å². The lowest BCUT2D eigenvalue weighted by Crippen LogP contribution is -2.05. The molecule has 0 N–H and O–H groups in total. The molecule has 0 amide bonds. The number of ether oxygens (including phenoxy) is 2. The van der Waals surface area contributed by atoms with Gasteiger partial charge in [-0.25, -0.2) is 9.59 Å². The van der Waals surface area contributed by atoms with E-state index in [4.69, 9.17) is 9.47 Å². The predicted molar refractivity (Wildman–Crippen MR) is 116 cm³/mol. The molecule has 0 atom stereocenters. The highest BCUT2D eigenvalue weighted by atomic mass is 16.5. The molecule has 4 heteroatoms. The number of unbranched alkanes of at least 4 members (excludes halogenated alkanes) is 15. The van der Waals surface area contributed by atoms with Crippen LogP contribution in [0.2, 0.25) is 0 Å². The summed E-state index contributed by atoms with van der Waals surface area (Å²) in [7, 11) is 0. The van der Waals surface area contributed by atoms with E-state index in [0.29, 0.717) is 13.2 Å². The Kier molecular flexibility index (Phi) is 20.9. The minimum Gasteiger partial charge on any atom is -0.463 e. The first-order valence-corrected chi connectivity index (χ1v) is 11.7. The van der Waals surface area contributed by atoms with Crippen LogP contribution in [0.1, 0.15) is 117 Å². The molecule has 28 heavy (non-hydrogen) atoms. The maximum atomic E-state index is 11.4. The highest BCUT2D eigenvalue weighted by Gasteiger charge is 2.00. The van der Waals surface area contributed by atoms with Gasteiger partial charge in [0.1, 0.15) is 0 Å². The summed E-state index contributed by atoms with van der Waals surface area (Å²) in [4.78, 5) is 22.5. The third-order valence-corrected chi connectivity index (χ3v) is 4.88. The zero-order valence-corrected chi connectivity index (χ0v) is 18.5. The minimum absolute atomic E-state index is 0.303. The van der Waals surface area contributed by atoms with Crippen LogP contribution in [0.3, 0.4) is 0 Å². The van der Waals surface area contributed by atoms with Crippen molar-refractivity contribution in [1.29, 1.82) is 0 Å². The van der Waals surface area contributed by atoms with Crippen molar-refractivity contribution in [2.75, 3.05) is 13.2 Å². The van der Waals surface area contributed by atoms with Gasteiger partial charge in [-0.3, -0.25) is 0 Å². The number of hydrogen-bond donors (Lipinski definition) is 0. The second-order valence-electron chi connectivity index (χ2n) is 7.56. The smallest absolute Gasteiger partial charge is 0.331 e. The number of carbonyl (C=O) groups is 2. The van der Waals surface area contributed by atoms with E-state index in [1.165, 1.54) is 89.9 Å². The first kappa shape index (κ1) is 26.7. The van der Waals surface area contributed by atoms with Crippen LogP contribution in [-0.2, 0) is 19.1 Å². The highest BCUT2D eigenvalue weighted by Crippen LogP contribution is 2.13. The first-order valence-electron chi connectivity index (χ1n) is 11.7. The number of rotatable bonds is 20. The Morgan fingerprint density at radius 2 is 0.893 bits per heavy atom. The van der Waals surface area contributed by atoms with Crippen LogP contribution in [-0.4, -0.2) is 25.2 Å². The second-order valence-corrected chi connectivity index (χ2v) is 7.56. The molecule has 0 aromatic rings. The molecule has 164 valence electrons. The summed E-state index contributed by atoms with van der Waals surface area (Å²) in [5.41, 5.74) is 0. The maximum Gasteiger partial charge on any atom is 0.331 e. The quantitative estimate of drug-likeness (QED) is 0.127. The number of esters is 2. The Bertz CT molecular complexity index is 390. The summed E-state index contributed by atoms with van der Waals surface area (Å²) in [5.74, 6) is -0.990. The summed E-state index contributed by atoms with van der Waals surface area (Å²) < 4.78 is 9.75. The molecule has 0 saturated heterocycles. The third-order valence-electron chi connectivity index (χ3n) is 4.88. The van der Waals surface area contributed by atoms with Crippen LogP contribution in [0.5, 0.6) is 0 Å². The van der Waals surface area contributed by atoms with Gasteiger partial charge in [-0.15, -0.1) is 0 Å². The van der Waals surface area contributed by atoms with E-state index in [2.05, 4.69) is 6.92 Å². The van der Waals surface area contributed by atoms with Crippen molar-refractivity contribution in [3.63, 3.8) is 0 Å². The zero-order valence-electron chi connectivity index (χ0n) is 18.5. The van der Waals surface area contributed by atoms with Gasteiger partial charge < -0.3 is 9.47 Å². The molecule has 0 aromatic heterocycles. The molecule has 0 aromatic carbocycles. The van der Waals surface area contributed by atoms with Gasteiger partial charge in [0, 0.05) is 12.2 Å². The molecule has 0 aliphatic heterocycles. The molecule has 0 spiro atoms. The first-order chi connectivity index (χ1) is 13.7. The van der Waals surface area contributed by atoms with Gasteiger partial charge in [-0.2, -0.15) is 0 Å². The van der Waals surface area contributed by atoms with Crippen LogP contribution in [0.25, 0.3) is 0 Å². The van der Waals surface area contributed by atoms with Crippen molar-refractivity contribution in [3.8, 4) is 0 Å². The Hall–Kier alpha value is -1.32. The van der Waals surface area contributed by atoms with Gasteiger partial charge in [-0.05, 0) is 13.3 Å². The molecule has 4 nitrogen and oxygen atoms in total. The molecule has 0 heterocycles. The zero-order chi connectivity index (χ0) is 20.7. The van der Waals surface area contributed by atoms with Gasteiger partial charge in [0.15, 0.2) is 0 Å². The van der Waals surface area contributed by atoms with Gasteiger partial charge >= 0.3 is 11.9 Å². The van der Waals surface area contributed by atoms with E-state index < -0.39 is 11.9 Å². The Morgan fingerprint density at radius 1 is 0.536 bits per heavy atom. The fourth-order valence-corrected chi connectivity index (χ4v) is 3.20. The Labute approximate surface area is 173 Å². The van der Waals surface area contributed by atoms with Crippen molar-refractivity contribution in [2.45, 2.75) is 117 Å². The summed E-state index contributed by atoms with van der Waals surface area (Å²) in [6, 6.07) is 0. The summed E-state index contributed by atoms with van der Waals surface area (Å²) >= 11 is 0. The average molecular weight is 397 g/mol. The summed E-state index contributed by atoms with van der Waals surface area (Å²) in [6.07, 6.45) is 23.4. The largest absolute Gasteiger partial charge is 0.463 e. The highest BCUT2D eigenvalue weighted by molar-refractivity contribution is 5.91. The Balaban J connectivity index is 3.21. The molecule has 0 fully saturated rings. The second kappa shape index (κ2) is 22.0. The van der Waals surface area contributed by atoms with E-state index >= 15 is 0 Å². The molecular weight excluding hydrogens is 352 g/mol. The van der Waals surface area contributed by atoms with Crippen LogP contribution in [0, 0.1) is 0 Å². The van der Waals surface area contributed by atoms with Crippen molar-refractivity contribution in [3.05, 3.63) is 12.2 Å². The summed E-state index contributed by atoms with van der Waals surface area (Å²) in [5, 5.41) is 0. The molecule has 0 aliphatic carbocycles. The minimum atomic E-state index is -0.512. The monoisotopic (exact) mass is 396 g/mol.